The number of likely N-dealkylation sites (tertiary alicyclic amines) is 1. The monoisotopic (exact) mass is 998 g/mol. The highest BCUT2D eigenvalue weighted by Gasteiger charge is 2.40. The Hall–Kier alpha value is -6.10. The third-order valence-electron chi connectivity index (χ3n) is 10.8. The number of amides is 8. The van der Waals surface area contributed by atoms with Crippen molar-refractivity contribution >= 4 is 71.8 Å². The number of carbonyl (C=O) groups is 9. The molecule has 1 saturated heterocycles. The van der Waals surface area contributed by atoms with Crippen LogP contribution in [0.3, 0.4) is 0 Å². The number of nitrogens with zero attached hydrogens (tertiary/aromatic N) is 2. The Balaban J connectivity index is 2.19. The summed E-state index contributed by atoms with van der Waals surface area (Å²) in [5, 5.41) is 57.0. The van der Waals surface area contributed by atoms with Gasteiger partial charge in [0.25, 0.3) is 0 Å². The molecule has 1 aromatic heterocycles. The summed E-state index contributed by atoms with van der Waals surface area (Å²) in [6, 6.07) is -10.6. The summed E-state index contributed by atoms with van der Waals surface area (Å²) in [6.07, 6.45) is 2.98. The normalized spacial score (nSPS) is 16.8. The van der Waals surface area contributed by atoms with E-state index in [1.54, 1.807) is 13.8 Å². The predicted molar refractivity (Wildman–Crippen MR) is 251 cm³/mol. The van der Waals surface area contributed by atoms with Gasteiger partial charge in [0.1, 0.15) is 42.3 Å². The van der Waals surface area contributed by atoms with Crippen LogP contribution in [0.15, 0.2) is 12.5 Å². The number of aromatic nitrogens is 2. The highest BCUT2D eigenvalue weighted by atomic mass is 32.1. The molecular weight excluding hydrogens is 927 g/mol. The van der Waals surface area contributed by atoms with E-state index in [2.05, 4.69) is 65.1 Å². The largest absolute Gasteiger partial charge is 0.480 e. The first-order valence-electron chi connectivity index (χ1n) is 22.7. The van der Waals surface area contributed by atoms with Crippen molar-refractivity contribution in [2.75, 3.05) is 38.5 Å². The summed E-state index contributed by atoms with van der Waals surface area (Å²) >= 11 is 3.95. The van der Waals surface area contributed by atoms with E-state index < -0.39 is 121 Å². The van der Waals surface area contributed by atoms with Crippen LogP contribution in [0.4, 0.5) is 0 Å². The molecule has 0 saturated carbocycles. The van der Waals surface area contributed by atoms with E-state index in [9.17, 15) is 58.5 Å². The second-order valence-electron chi connectivity index (χ2n) is 17.0. The summed E-state index contributed by atoms with van der Waals surface area (Å²) in [6.45, 7) is 3.75. The molecule has 1 aliphatic heterocycles. The first-order chi connectivity index (χ1) is 32.6. The number of aromatic amines is 1. The third-order valence-corrected chi connectivity index (χ3v) is 11.2. The highest BCUT2D eigenvalue weighted by molar-refractivity contribution is 7.80. The van der Waals surface area contributed by atoms with Gasteiger partial charge in [0, 0.05) is 31.5 Å². The van der Waals surface area contributed by atoms with Crippen molar-refractivity contribution in [1.29, 1.82) is 5.41 Å². The van der Waals surface area contributed by atoms with E-state index in [0.717, 1.165) is 0 Å². The van der Waals surface area contributed by atoms with E-state index >= 15 is 0 Å². The van der Waals surface area contributed by atoms with E-state index in [1.165, 1.54) is 24.3 Å². The number of hydrogen-bond donors (Lipinski definition) is 17. The Morgan fingerprint density at radius 2 is 1.51 bits per heavy atom. The van der Waals surface area contributed by atoms with E-state index in [0.29, 0.717) is 25.0 Å². The van der Waals surface area contributed by atoms with Crippen molar-refractivity contribution in [2.24, 2.45) is 23.1 Å². The SMILES string of the molecule is CC(C)C[C@H](NC(=O)[C@@H]1CCCN1C(=O)[C@H](CCCCN)NC(=O)[C@H](CO)NC(=O)[C@@H](NC(=O)[C@@H](N)CS)[C@@H](C)O)C(=O)NCC(=O)N[C@@H](Cc1c[nH]cn1)C(=O)N[C@@H](CCCNC(=N)N)C(=O)O. The van der Waals surface area contributed by atoms with Gasteiger partial charge in [-0.3, -0.25) is 43.8 Å². The molecule has 0 radical (unpaired) electrons. The van der Waals surface area contributed by atoms with Crippen molar-refractivity contribution in [3.8, 4) is 0 Å². The van der Waals surface area contributed by atoms with Crippen LogP contribution in [0.1, 0.15) is 77.8 Å². The number of aliphatic hydroxyl groups is 2. The molecule has 28 heteroatoms. The third kappa shape index (κ3) is 20.6. The number of rotatable bonds is 31. The number of carbonyl (C=O) groups excluding carboxylic acids is 8. The van der Waals surface area contributed by atoms with Gasteiger partial charge < -0.3 is 84.9 Å². The van der Waals surface area contributed by atoms with Crippen LogP contribution in [-0.2, 0) is 49.6 Å². The smallest absolute Gasteiger partial charge is 0.326 e. The Morgan fingerprint density at radius 1 is 0.855 bits per heavy atom. The van der Waals surface area contributed by atoms with Gasteiger partial charge in [0.2, 0.25) is 47.3 Å². The van der Waals surface area contributed by atoms with Gasteiger partial charge in [0.15, 0.2) is 5.96 Å². The molecule has 27 nitrogen and oxygen atoms in total. The Morgan fingerprint density at radius 3 is 2.09 bits per heavy atom. The molecule has 9 atom stereocenters. The number of carboxylic acids is 1. The van der Waals surface area contributed by atoms with Crippen molar-refractivity contribution in [3.63, 3.8) is 0 Å². The molecule has 8 amide bonds. The maximum Gasteiger partial charge on any atom is 0.326 e. The second kappa shape index (κ2) is 30.4. The number of hydrogen-bond acceptors (Lipinski definition) is 16. The predicted octanol–water partition coefficient (Wildman–Crippen LogP) is -5.88. The number of H-pyrrole nitrogens is 1. The zero-order valence-corrected chi connectivity index (χ0v) is 40.0. The molecule has 0 unspecified atom stereocenters. The summed E-state index contributed by atoms with van der Waals surface area (Å²) in [7, 11) is 0. The lowest BCUT2D eigenvalue weighted by Crippen LogP contribution is -2.61. The minimum absolute atomic E-state index is 0.0288. The Kier molecular flexibility index (Phi) is 26.0. The molecule has 0 aliphatic carbocycles. The summed E-state index contributed by atoms with van der Waals surface area (Å²) < 4.78 is 0. The van der Waals surface area contributed by atoms with E-state index in [1.807, 2.05) is 0 Å². The average molecular weight is 998 g/mol. The Bertz CT molecular complexity index is 1890. The number of imidazole rings is 1. The fraction of sp³-hybridized carbons (Fsp3) is 0.683. The van der Waals surface area contributed by atoms with Gasteiger partial charge in [-0.1, -0.05) is 13.8 Å². The molecule has 69 heavy (non-hydrogen) atoms. The summed E-state index contributed by atoms with van der Waals surface area (Å²) in [5.74, 6) is -8.45. The van der Waals surface area contributed by atoms with Crippen LogP contribution in [0.2, 0.25) is 0 Å². The van der Waals surface area contributed by atoms with Crippen LogP contribution >= 0.6 is 12.6 Å². The number of guanidine groups is 1. The number of aliphatic hydroxyl groups excluding tert-OH is 2. The van der Waals surface area contributed by atoms with Gasteiger partial charge in [-0.15, -0.1) is 0 Å². The van der Waals surface area contributed by atoms with Gasteiger partial charge in [-0.25, -0.2) is 9.78 Å². The van der Waals surface area contributed by atoms with Gasteiger partial charge in [0.05, 0.1) is 37.3 Å². The number of nitrogens with two attached hydrogens (primary N) is 3. The van der Waals surface area contributed by atoms with Crippen molar-refractivity contribution in [2.45, 2.75) is 133 Å². The quantitative estimate of drug-likeness (QED) is 0.0143. The molecule has 1 aliphatic rings. The lowest BCUT2D eigenvalue weighted by molar-refractivity contribution is -0.143. The van der Waals surface area contributed by atoms with Crippen molar-refractivity contribution < 1.29 is 58.5 Å². The van der Waals surface area contributed by atoms with Gasteiger partial charge in [-0.2, -0.15) is 12.6 Å². The lowest BCUT2D eigenvalue weighted by Gasteiger charge is -2.31. The van der Waals surface area contributed by atoms with Crippen LogP contribution in [0.25, 0.3) is 0 Å². The molecule has 388 valence electrons. The molecule has 0 aromatic carbocycles. The standard InChI is InChI=1S/C41H71N15O12S/c1-21(2)14-27(34(61)48-17-31(59)50-28(15-23-16-46-20-49-23)35(62)52-26(40(67)68)9-6-12-47-41(44)45)53-37(64)30-10-7-13-56(30)39(66)25(8-4-5-11-42)51-36(63)29(18-57)54-38(65)32(22(3)58)55-33(60)24(43)19-69/h16,20-22,24-30,32,57-58,69H,4-15,17-19,42-43H2,1-3H3,(H,46,49)(H,48,61)(H,50,59)(H,51,63)(H,52,62)(H,53,64)(H,54,65)(H,55,60)(H,67,68)(H4,44,45,47)/t22-,24+,25+,26+,27+,28+,29+,30+,32+/m1/s1. The highest BCUT2D eigenvalue weighted by Crippen LogP contribution is 2.21. The zero-order chi connectivity index (χ0) is 51.8. The molecule has 1 aromatic rings. The molecule has 0 spiro atoms. The maximum atomic E-state index is 14.2. The lowest BCUT2D eigenvalue weighted by atomic mass is 10.0. The molecule has 2 heterocycles. The minimum atomic E-state index is -1.64. The molecule has 2 rings (SSSR count). The fourth-order valence-electron chi connectivity index (χ4n) is 7.12. The first kappa shape index (κ1) is 59.0. The molecule has 0 bridgehead atoms. The zero-order valence-electron chi connectivity index (χ0n) is 39.1. The van der Waals surface area contributed by atoms with E-state index in [-0.39, 0.29) is 75.8 Å². The maximum absolute atomic E-state index is 14.2. The number of nitrogens with one attached hydrogen (secondary N) is 10. The van der Waals surface area contributed by atoms with Crippen molar-refractivity contribution in [3.05, 3.63) is 18.2 Å². The minimum Gasteiger partial charge on any atom is -0.480 e. The molecular formula is C41H71N15O12S. The Labute approximate surface area is 405 Å². The fourth-order valence-corrected chi connectivity index (χ4v) is 7.28. The first-order valence-corrected chi connectivity index (χ1v) is 23.3. The van der Waals surface area contributed by atoms with Crippen LogP contribution in [0, 0.1) is 11.3 Å². The van der Waals surface area contributed by atoms with Gasteiger partial charge in [-0.05, 0) is 70.8 Å². The average Bonchev–Trinajstić information content (AvgIpc) is 4.01. The van der Waals surface area contributed by atoms with Crippen molar-refractivity contribution in [1.82, 2.24) is 57.4 Å². The number of aliphatic carboxylic acids is 1. The molecule has 19 N–H and O–H groups in total. The van der Waals surface area contributed by atoms with Gasteiger partial charge >= 0.3 is 5.97 Å². The van der Waals surface area contributed by atoms with E-state index in [4.69, 9.17) is 22.6 Å². The topological polar surface area (TPSA) is 444 Å². The number of thiol groups is 1. The molecule has 1 fully saturated rings. The van der Waals surface area contributed by atoms with Crippen LogP contribution in [0.5, 0.6) is 0 Å². The van der Waals surface area contributed by atoms with Crippen LogP contribution in [-0.4, -0.2) is 182 Å². The van der Waals surface area contributed by atoms with Crippen LogP contribution < -0.4 is 59.7 Å². The second-order valence-corrected chi connectivity index (χ2v) is 17.3. The summed E-state index contributed by atoms with van der Waals surface area (Å²) in [5.41, 5.74) is 17.0. The number of unbranched alkanes of at least 4 members (excludes halogenated alkanes) is 1. The number of carboxylic acid groups (broad SMARTS) is 1. The summed E-state index contributed by atoms with van der Waals surface area (Å²) in [4.78, 5) is 127.